The maximum atomic E-state index is 12.0. The predicted octanol–water partition coefficient (Wildman–Crippen LogP) is -0.121. The van der Waals surface area contributed by atoms with Gasteiger partial charge in [0.05, 0.1) is 10.5 Å². The number of carbonyl (C=O) groups is 1. The van der Waals surface area contributed by atoms with E-state index in [-0.39, 0.29) is 18.0 Å². The van der Waals surface area contributed by atoms with E-state index in [1.165, 1.54) is 22.8 Å². The molecule has 0 saturated carbocycles. The van der Waals surface area contributed by atoms with Gasteiger partial charge in [0.2, 0.25) is 10.0 Å². The number of nitrogens with zero attached hydrogens (tertiary/aromatic N) is 1. The van der Waals surface area contributed by atoms with Crippen molar-refractivity contribution < 1.29 is 23.1 Å². The summed E-state index contributed by atoms with van der Waals surface area (Å²) in [5, 5.41) is 8.51. The molecular weight excluding hydrogens is 260 g/mol. The first-order chi connectivity index (χ1) is 8.33. The largest absolute Gasteiger partial charge is 0.480 e. The molecule has 0 aliphatic carbocycles. The molecule has 2 N–H and O–H groups in total. The Hall–Kier alpha value is -1.38. The maximum Gasteiger partial charge on any atom is 0.329 e. The highest BCUT2D eigenvalue weighted by atomic mass is 32.2. The highest BCUT2D eigenvalue weighted by Gasteiger charge is 2.46. The van der Waals surface area contributed by atoms with Crippen molar-refractivity contribution in [2.45, 2.75) is 17.4 Å². The minimum Gasteiger partial charge on any atom is -0.480 e. The number of H-pyrrole nitrogens is 1. The minimum atomic E-state index is -3.49. The SMILES string of the molecule is CC1(OCC(=O)O)CN(S(=O)(=O)c2cc[nH]c2)C1. The summed E-state index contributed by atoms with van der Waals surface area (Å²) < 4.78 is 30.5. The fourth-order valence-corrected chi connectivity index (χ4v) is 3.46. The summed E-state index contributed by atoms with van der Waals surface area (Å²) in [5.74, 6) is -1.07. The van der Waals surface area contributed by atoms with Crippen LogP contribution in [-0.4, -0.2) is 54.1 Å². The highest BCUT2D eigenvalue weighted by molar-refractivity contribution is 7.89. The summed E-state index contributed by atoms with van der Waals surface area (Å²) in [6.07, 6.45) is 2.94. The summed E-state index contributed by atoms with van der Waals surface area (Å²) in [7, 11) is -3.49. The number of nitrogens with one attached hydrogen (secondary N) is 1. The van der Waals surface area contributed by atoms with E-state index in [9.17, 15) is 13.2 Å². The molecule has 0 unspecified atom stereocenters. The molecule has 18 heavy (non-hydrogen) atoms. The minimum absolute atomic E-state index is 0.161. The second kappa shape index (κ2) is 4.38. The monoisotopic (exact) mass is 274 g/mol. The molecule has 0 bridgehead atoms. The van der Waals surface area contributed by atoms with Crippen molar-refractivity contribution in [3.05, 3.63) is 18.5 Å². The van der Waals surface area contributed by atoms with Crippen molar-refractivity contribution in [1.82, 2.24) is 9.29 Å². The van der Waals surface area contributed by atoms with Crippen LogP contribution in [0.15, 0.2) is 23.4 Å². The number of aromatic amines is 1. The molecule has 100 valence electrons. The first kappa shape index (κ1) is 13.1. The molecular formula is C10H14N2O5S. The molecule has 2 heterocycles. The Morgan fingerprint density at radius 3 is 2.78 bits per heavy atom. The average molecular weight is 274 g/mol. The Balaban J connectivity index is 1.98. The second-order valence-electron chi connectivity index (χ2n) is 4.45. The van der Waals surface area contributed by atoms with E-state index in [1.807, 2.05) is 0 Å². The number of hydrogen-bond acceptors (Lipinski definition) is 4. The molecule has 0 radical (unpaired) electrons. The van der Waals surface area contributed by atoms with E-state index in [2.05, 4.69) is 4.98 Å². The number of carboxylic acid groups (broad SMARTS) is 1. The summed E-state index contributed by atoms with van der Waals surface area (Å²) in [5.41, 5.74) is -0.720. The van der Waals surface area contributed by atoms with Crippen molar-refractivity contribution >= 4 is 16.0 Å². The van der Waals surface area contributed by atoms with Crippen LogP contribution in [0.4, 0.5) is 0 Å². The van der Waals surface area contributed by atoms with E-state index in [1.54, 1.807) is 6.92 Å². The third-order valence-corrected chi connectivity index (χ3v) is 4.56. The van der Waals surface area contributed by atoms with Gasteiger partial charge in [-0.25, -0.2) is 13.2 Å². The van der Waals surface area contributed by atoms with Gasteiger partial charge in [-0.2, -0.15) is 4.31 Å². The lowest BCUT2D eigenvalue weighted by molar-refractivity contribution is -0.157. The Morgan fingerprint density at radius 2 is 2.28 bits per heavy atom. The van der Waals surface area contributed by atoms with Gasteiger partial charge in [-0.1, -0.05) is 0 Å². The zero-order chi connectivity index (χ0) is 13.4. The fraction of sp³-hybridized carbons (Fsp3) is 0.500. The summed E-state index contributed by atoms with van der Waals surface area (Å²) in [6, 6.07) is 1.48. The van der Waals surface area contributed by atoms with Gasteiger partial charge < -0.3 is 14.8 Å². The Bertz CT molecular complexity index is 531. The zero-order valence-electron chi connectivity index (χ0n) is 9.79. The van der Waals surface area contributed by atoms with Crippen molar-refractivity contribution in [1.29, 1.82) is 0 Å². The van der Waals surface area contributed by atoms with E-state index in [4.69, 9.17) is 9.84 Å². The van der Waals surface area contributed by atoms with Gasteiger partial charge in [0.15, 0.2) is 0 Å². The number of ether oxygens (including phenoxy) is 1. The molecule has 8 heteroatoms. The summed E-state index contributed by atoms with van der Waals surface area (Å²) in [4.78, 5) is 13.3. The van der Waals surface area contributed by atoms with Gasteiger partial charge >= 0.3 is 5.97 Å². The Labute approximate surface area is 104 Å². The van der Waals surface area contributed by atoms with Crippen LogP contribution in [0.5, 0.6) is 0 Å². The average Bonchev–Trinajstić information content (AvgIpc) is 2.76. The molecule has 0 atom stereocenters. The topological polar surface area (TPSA) is 99.7 Å². The molecule has 0 spiro atoms. The molecule has 1 fully saturated rings. The number of rotatable bonds is 5. The number of aromatic nitrogens is 1. The van der Waals surface area contributed by atoms with E-state index in [0.717, 1.165) is 0 Å². The van der Waals surface area contributed by atoms with Gasteiger partial charge in [0.25, 0.3) is 0 Å². The van der Waals surface area contributed by atoms with Crippen LogP contribution in [0.3, 0.4) is 0 Å². The number of sulfonamides is 1. The third-order valence-electron chi connectivity index (χ3n) is 2.77. The first-order valence-corrected chi connectivity index (χ1v) is 6.76. The lowest BCUT2D eigenvalue weighted by atomic mass is 10.0. The first-order valence-electron chi connectivity index (χ1n) is 5.32. The van der Waals surface area contributed by atoms with Gasteiger partial charge in [-0.3, -0.25) is 0 Å². The lowest BCUT2D eigenvalue weighted by Gasteiger charge is -2.45. The third kappa shape index (κ3) is 2.40. The zero-order valence-corrected chi connectivity index (χ0v) is 10.6. The van der Waals surface area contributed by atoms with Crippen LogP contribution in [-0.2, 0) is 19.6 Å². The van der Waals surface area contributed by atoms with Gasteiger partial charge in [-0.05, 0) is 13.0 Å². The standard InChI is InChI=1S/C10H14N2O5S/c1-10(17-5-9(13)14)6-12(7-10)18(15,16)8-2-3-11-4-8/h2-4,11H,5-7H2,1H3,(H,13,14). The Morgan fingerprint density at radius 1 is 1.61 bits per heavy atom. The fourth-order valence-electron chi connectivity index (χ4n) is 1.82. The van der Waals surface area contributed by atoms with E-state index < -0.39 is 28.2 Å². The molecule has 1 aliphatic heterocycles. The highest BCUT2D eigenvalue weighted by Crippen LogP contribution is 2.30. The van der Waals surface area contributed by atoms with Gasteiger partial charge in [-0.15, -0.1) is 0 Å². The van der Waals surface area contributed by atoms with Crippen LogP contribution in [0.25, 0.3) is 0 Å². The number of hydrogen-bond donors (Lipinski definition) is 2. The van der Waals surface area contributed by atoms with Crippen molar-refractivity contribution in [2.75, 3.05) is 19.7 Å². The van der Waals surface area contributed by atoms with Crippen molar-refractivity contribution in [3.63, 3.8) is 0 Å². The van der Waals surface area contributed by atoms with E-state index >= 15 is 0 Å². The molecule has 1 aromatic heterocycles. The molecule has 1 aromatic rings. The van der Waals surface area contributed by atoms with Gasteiger partial charge in [0.1, 0.15) is 6.61 Å². The van der Waals surface area contributed by atoms with Crippen LogP contribution >= 0.6 is 0 Å². The van der Waals surface area contributed by atoms with Crippen LogP contribution in [0.1, 0.15) is 6.92 Å². The molecule has 2 rings (SSSR count). The lowest BCUT2D eigenvalue weighted by Crippen LogP contribution is -2.63. The van der Waals surface area contributed by atoms with Gasteiger partial charge in [0, 0.05) is 25.5 Å². The maximum absolute atomic E-state index is 12.0. The summed E-state index contributed by atoms with van der Waals surface area (Å²) in [6.45, 7) is 1.59. The van der Waals surface area contributed by atoms with Crippen LogP contribution in [0.2, 0.25) is 0 Å². The predicted molar refractivity (Wildman–Crippen MR) is 61.5 cm³/mol. The van der Waals surface area contributed by atoms with Crippen molar-refractivity contribution in [2.24, 2.45) is 0 Å². The smallest absolute Gasteiger partial charge is 0.329 e. The van der Waals surface area contributed by atoms with Crippen LogP contribution < -0.4 is 0 Å². The van der Waals surface area contributed by atoms with Crippen LogP contribution in [0, 0.1) is 0 Å². The normalized spacial score (nSPS) is 19.4. The van der Waals surface area contributed by atoms with Crippen molar-refractivity contribution in [3.8, 4) is 0 Å². The summed E-state index contributed by atoms with van der Waals surface area (Å²) >= 11 is 0. The molecule has 0 amide bonds. The molecule has 7 nitrogen and oxygen atoms in total. The molecule has 1 aliphatic rings. The molecule has 1 saturated heterocycles. The number of carboxylic acids is 1. The quantitative estimate of drug-likeness (QED) is 0.779. The van der Waals surface area contributed by atoms with E-state index in [0.29, 0.717) is 0 Å². The number of aliphatic carboxylic acids is 1. The molecule has 0 aromatic carbocycles. The second-order valence-corrected chi connectivity index (χ2v) is 6.39. The Kier molecular flexibility index (Phi) is 3.18.